The lowest BCUT2D eigenvalue weighted by atomic mass is 10.1. The van der Waals surface area contributed by atoms with Crippen molar-refractivity contribution in [2.75, 3.05) is 19.0 Å². The van der Waals surface area contributed by atoms with Crippen molar-refractivity contribution in [3.8, 4) is 0 Å². The lowest BCUT2D eigenvalue weighted by molar-refractivity contribution is 0.0338. The molecule has 0 radical (unpaired) electrons. The first kappa shape index (κ1) is 14.1. The van der Waals surface area contributed by atoms with Crippen molar-refractivity contribution in [3.63, 3.8) is 0 Å². The molecular formula is C17H19NO2. The van der Waals surface area contributed by atoms with Crippen LogP contribution in [0, 0.1) is 0 Å². The van der Waals surface area contributed by atoms with E-state index in [1.807, 2.05) is 74.4 Å². The first-order valence-corrected chi connectivity index (χ1v) is 6.61. The van der Waals surface area contributed by atoms with Crippen molar-refractivity contribution >= 4 is 11.7 Å². The second-order valence-corrected chi connectivity index (χ2v) is 4.90. The van der Waals surface area contributed by atoms with Gasteiger partial charge in [0.25, 0.3) is 0 Å². The number of esters is 1. The van der Waals surface area contributed by atoms with Crippen LogP contribution in [-0.4, -0.2) is 20.1 Å². The van der Waals surface area contributed by atoms with Crippen LogP contribution in [0.5, 0.6) is 0 Å². The van der Waals surface area contributed by atoms with Crippen LogP contribution in [0.15, 0.2) is 54.6 Å². The maximum Gasteiger partial charge on any atom is 0.338 e. The van der Waals surface area contributed by atoms with Crippen LogP contribution in [0.25, 0.3) is 0 Å². The minimum absolute atomic E-state index is 0.258. The molecule has 20 heavy (non-hydrogen) atoms. The average molecular weight is 269 g/mol. The van der Waals surface area contributed by atoms with Gasteiger partial charge in [-0.3, -0.25) is 0 Å². The van der Waals surface area contributed by atoms with Crippen LogP contribution in [0.2, 0.25) is 0 Å². The number of benzene rings is 2. The standard InChI is InChI=1S/C17H19NO2/c1-13(14-8-5-4-6-9-14)20-17(19)15-10-7-11-16(12-15)18(2)3/h4-13H,1-3H3. The predicted molar refractivity (Wildman–Crippen MR) is 81.0 cm³/mol. The third-order valence-corrected chi connectivity index (χ3v) is 3.15. The Labute approximate surface area is 119 Å². The summed E-state index contributed by atoms with van der Waals surface area (Å²) in [6.07, 6.45) is -0.258. The summed E-state index contributed by atoms with van der Waals surface area (Å²) in [5, 5.41) is 0. The highest BCUT2D eigenvalue weighted by Crippen LogP contribution is 2.20. The molecule has 0 bridgehead atoms. The van der Waals surface area contributed by atoms with Crippen LogP contribution >= 0.6 is 0 Å². The van der Waals surface area contributed by atoms with E-state index >= 15 is 0 Å². The van der Waals surface area contributed by atoms with Gasteiger partial charge in [-0.25, -0.2) is 4.79 Å². The molecule has 0 aromatic heterocycles. The van der Waals surface area contributed by atoms with E-state index in [1.165, 1.54) is 0 Å². The quantitative estimate of drug-likeness (QED) is 0.793. The number of carbonyl (C=O) groups excluding carboxylic acids is 1. The normalized spacial score (nSPS) is 11.8. The molecule has 0 N–H and O–H groups in total. The van der Waals surface area contributed by atoms with Crippen LogP contribution in [0.1, 0.15) is 28.9 Å². The number of hydrogen-bond donors (Lipinski definition) is 0. The average Bonchev–Trinajstić information content (AvgIpc) is 2.48. The molecule has 2 rings (SSSR count). The van der Waals surface area contributed by atoms with Gasteiger partial charge < -0.3 is 9.64 Å². The van der Waals surface area contributed by atoms with Gasteiger partial charge in [0.2, 0.25) is 0 Å². The molecule has 3 heteroatoms. The van der Waals surface area contributed by atoms with Crippen LogP contribution in [-0.2, 0) is 4.74 Å². The van der Waals surface area contributed by atoms with Gasteiger partial charge in [-0.15, -0.1) is 0 Å². The van der Waals surface area contributed by atoms with E-state index in [1.54, 1.807) is 6.07 Å². The largest absolute Gasteiger partial charge is 0.454 e. The number of anilines is 1. The molecule has 104 valence electrons. The van der Waals surface area contributed by atoms with Crippen molar-refractivity contribution in [1.29, 1.82) is 0 Å². The van der Waals surface area contributed by atoms with Crippen LogP contribution < -0.4 is 4.90 Å². The van der Waals surface area contributed by atoms with Gasteiger partial charge in [0.05, 0.1) is 5.56 Å². The molecule has 1 unspecified atom stereocenters. The minimum Gasteiger partial charge on any atom is -0.454 e. The number of nitrogens with zero attached hydrogens (tertiary/aromatic N) is 1. The van der Waals surface area contributed by atoms with Gasteiger partial charge >= 0.3 is 5.97 Å². The molecule has 0 amide bonds. The van der Waals surface area contributed by atoms with Gasteiger partial charge in [-0.1, -0.05) is 36.4 Å². The smallest absolute Gasteiger partial charge is 0.338 e. The summed E-state index contributed by atoms with van der Waals surface area (Å²) in [5.41, 5.74) is 2.54. The van der Waals surface area contributed by atoms with Crippen molar-refractivity contribution in [1.82, 2.24) is 0 Å². The zero-order valence-corrected chi connectivity index (χ0v) is 12.0. The highest BCUT2D eigenvalue weighted by atomic mass is 16.5. The maximum absolute atomic E-state index is 12.2. The highest BCUT2D eigenvalue weighted by molar-refractivity contribution is 5.90. The van der Waals surface area contributed by atoms with Crippen molar-refractivity contribution in [3.05, 3.63) is 65.7 Å². The maximum atomic E-state index is 12.2. The van der Waals surface area contributed by atoms with E-state index in [0.29, 0.717) is 5.56 Å². The van der Waals surface area contributed by atoms with E-state index in [4.69, 9.17) is 4.74 Å². The molecule has 3 nitrogen and oxygen atoms in total. The molecule has 0 spiro atoms. The lowest BCUT2D eigenvalue weighted by Crippen LogP contribution is -2.12. The summed E-state index contributed by atoms with van der Waals surface area (Å²) in [6.45, 7) is 1.88. The Balaban J connectivity index is 2.10. The van der Waals surface area contributed by atoms with E-state index in [2.05, 4.69) is 0 Å². The first-order chi connectivity index (χ1) is 9.58. The van der Waals surface area contributed by atoms with Crippen molar-refractivity contribution < 1.29 is 9.53 Å². The zero-order chi connectivity index (χ0) is 14.5. The summed E-state index contributed by atoms with van der Waals surface area (Å²) in [6, 6.07) is 17.1. The first-order valence-electron chi connectivity index (χ1n) is 6.61. The van der Waals surface area contributed by atoms with Gasteiger partial charge in [-0.2, -0.15) is 0 Å². The Bertz CT molecular complexity index is 579. The molecule has 2 aromatic carbocycles. The van der Waals surface area contributed by atoms with Crippen molar-refractivity contribution in [2.45, 2.75) is 13.0 Å². The molecule has 2 aromatic rings. The zero-order valence-electron chi connectivity index (χ0n) is 12.0. The summed E-state index contributed by atoms with van der Waals surface area (Å²) < 4.78 is 5.50. The molecule has 0 fully saturated rings. The summed E-state index contributed by atoms with van der Waals surface area (Å²) in [7, 11) is 3.88. The van der Waals surface area contributed by atoms with E-state index in [-0.39, 0.29) is 12.1 Å². The fourth-order valence-corrected chi connectivity index (χ4v) is 1.93. The third-order valence-electron chi connectivity index (χ3n) is 3.15. The predicted octanol–water partition coefficient (Wildman–Crippen LogP) is 3.67. The molecule has 0 saturated carbocycles. The molecule has 0 heterocycles. The number of rotatable bonds is 4. The van der Waals surface area contributed by atoms with Crippen molar-refractivity contribution in [2.24, 2.45) is 0 Å². The second kappa shape index (κ2) is 6.24. The van der Waals surface area contributed by atoms with E-state index < -0.39 is 0 Å². The SMILES string of the molecule is CC(OC(=O)c1cccc(N(C)C)c1)c1ccccc1. The second-order valence-electron chi connectivity index (χ2n) is 4.90. The number of carbonyl (C=O) groups is 1. The summed E-state index contributed by atoms with van der Waals surface area (Å²) in [4.78, 5) is 14.1. The Kier molecular flexibility index (Phi) is 4.41. The molecular weight excluding hydrogens is 250 g/mol. The lowest BCUT2D eigenvalue weighted by Gasteiger charge is -2.16. The summed E-state index contributed by atoms with van der Waals surface area (Å²) in [5.74, 6) is -0.301. The fraction of sp³-hybridized carbons (Fsp3) is 0.235. The Morgan fingerprint density at radius 1 is 1.05 bits per heavy atom. The van der Waals surface area contributed by atoms with E-state index in [9.17, 15) is 4.79 Å². The minimum atomic E-state index is -0.301. The highest BCUT2D eigenvalue weighted by Gasteiger charge is 2.14. The van der Waals surface area contributed by atoms with Gasteiger partial charge in [-0.05, 0) is 30.7 Å². The van der Waals surface area contributed by atoms with Gasteiger partial charge in [0, 0.05) is 19.8 Å². The summed E-state index contributed by atoms with van der Waals surface area (Å²) >= 11 is 0. The number of hydrogen-bond acceptors (Lipinski definition) is 3. The molecule has 1 atom stereocenters. The third kappa shape index (κ3) is 3.38. The molecule has 0 aliphatic carbocycles. The van der Waals surface area contributed by atoms with Gasteiger partial charge in [0.1, 0.15) is 6.10 Å². The Morgan fingerprint density at radius 3 is 2.40 bits per heavy atom. The molecule has 0 saturated heterocycles. The van der Waals surface area contributed by atoms with Crippen LogP contribution in [0.4, 0.5) is 5.69 Å². The Hall–Kier alpha value is -2.29. The molecule has 0 aliphatic rings. The Morgan fingerprint density at radius 2 is 1.75 bits per heavy atom. The number of ether oxygens (including phenoxy) is 1. The topological polar surface area (TPSA) is 29.5 Å². The van der Waals surface area contributed by atoms with E-state index in [0.717, 1.165) is 11.3 Å². The molecule has 0 aliphatic heterocycles. The fourth-order valence-electron chi connectivity index (χ4n) is 1.93. The van der Waals surface area contributed by atoms with Gasteiger partial charge in [0.15, 0.2) is 0 Å². The monoisotopic (exact) mass is 269 g/mol. The van der Waals surface area contributed by atoms with Crippen LogP contribution in [0.3, 0.4) is 0 Å².